The van der Waals surface area contributed by atoms with E-state index in [0.717, 1.165) is 29.8 Å². The summed E-state index contributed by atoms with van der Waals surface area (Å²) in [4.78, 5) is 0. The lowest BCUT2D eigenvalue weighted by atomic mass is 10.1. The first kappa shape index (κ1) is 10.8. The third kappa shape index (κ3) is 1.85. The molecule has 2 heterocycles. The Morgan fingerprint density at radius 3 is 3.12 bits per heavy atom. The fourth-order valence-corrected chi connectivity index (χ4v) is 2.67. The smallest absolute Gasteiger partial charge is 0.133 e. The molecule has 4 nitrogen and oxygen atoms in total. The van der Waals surface area contributed by atoms with Gasteiger partial charge in [-0.1, -0.05) is 6.07 Å². The number of fused-ring (bicyclic) bond motifs is 1. The largest absolute Gasteiger partial charge is 0.508 e. The van der Waals surface area contributed by atoms with Gasteiger partial charge >= 0.3 is 0 Å². The van der Waals surface area contributed by atoms with Gasteiger partial charge in [0.1, 0.15) is 10.4 Å². The first-order chi connectivity index (χ1) is 8.25. The maximum Gasteiger partial charge on any atom is 0.133 e. The Hall–Kier alpha value is -1.33. The van der Waals surface area contributed by atoms with Crippen LogP contribution in [0, 0.1) is 0 Å². The second-order valence-corrected chi connectivity index (χ2v) is 4.83. The number of nitrogens with one attached hydrogen (secondary N) is 1. The van der Waals surface area contributed by atoms with Crippen molar-refractivity contribution in [3.8, 4) is 11.4 Å². The van der Waals surface area contributed by atoms with Gasteiger partial charge in [-0.05, 0) is 28.1 Å². The number of phenolic OH excluding ortho intramolecular Hbond substituents is 1. The van der Waals surface area contributed by atoms with Crippen LogP contribution in [0.1, 0.15) is 11.3 Å². The lowest BCUT2D eigenvalue weighted by molar-refractivity contribution is 0.474. The summed E-state index contributed by atoms with van der Waals surface area (Å²) in [5.41, 5.74) is 3.31. The number of phenols is 1. The molecule has 0 bridgehead atoms. The summed E-state index contributed by atoms with van der Waals surface area (Å²) < 4.78 is 2.78. The van der Waals surface area contributed by atoms with E-state index in [0.29, 0.717) is 0 Å². The lowest BCUT2D eigenvalue weighted by Crippen LogP contribution is -2.24. The minimum atomic E-state index is 0.261. The number of aromatic nitrogens is 2. The minimum absolute atomic E-state index is 0.261. The van der Waals surface area contributed by atoms with Crippen molar-refractivity contribution in [2.24, 2.45) is 0 Å². The van der Waals surface area contributed by atoms with Crippen LogP contribution in [0.15, 0.2) is 28.9 Å². The van der Waals surface area contributed by atoms with Crippen LogP contribution in [0.4, 0.5) is 0 Å². The summed E-state index contributed by atoms with van der Waals surface area (Å²) in [6, 6.07) is 7.16. The van der Waals surface area contributed by atoms with Crippen molar-refractivity contribution in [3.63, 3.8) is 0 Å². The fraction of sp³-hybridized carbons (Fsp3) is 0.250. The molecular formula is C12H12BrN3O. The van der Waals surface area contributed by atoms with Gasteiger partial charge in [0.2, 0.25) is 0 Å². The van der Waals surface area contributed by atoms with E-state index in [1.54, 1.807) is 12.1 Å². The number of hydrogen-bond donors (Lipinski definition) is 2. The number of hydrogen-bond acceptors (Lipinski definition) is 3. The van der Waals surface area contributed by atoms with Crippen molar-refractivity contribution in [2.45, 2.75) is 13.0 Å². The van der Waals surface area contributed by atoms with Gasteiger partial charge in [0.25, 0.3) is 0 Å². The van der Waals surface area contributed by atoms with Crippen LogP contribution >= 0.6 is 15.9 Å². The summed E-state index contributed by atoms with van der Waals surface area (Å²) in [5, 5.41) is 17.3. The van der Waals surface area contributed by atoms with Crippen molar-refractivity contribution < 1.29 is 5.11 Å². The Bertz CT molecular complexity index is 565. The van der Waals surface area contributed by atoms with Crippen LogP contribution in [0.3, 0.4) is 0 Å². The molecule has 0 spiro atoms. The predicted molar refractivity (Wildman–Crippen MR) is 68.3 cm³/mol. The third-order valence-corrected chi connectivity index (χ3v) is 3.59. The first-order valence-corrected chi connectivity index (χ1v) is 6.31. The van der Waals surface area contributed by atoms with Crippen molar-refractivity contribution in [1.29, 1.82) is 0 Å². The Morgan fingerprint density at radius 2 is 2.29 bits per heavy atom. The monoisotopic (exact) mass is 293 g/mol. The molecular weight excluding hydrogens is 282 g/mol. The minimum Gasteiger partial charge on any atom is -0.508 e. The Kier molecular flexibility index (Phi) is 2.64. The molecule has 0 unspecified atom stereocenters. The molecule has 3 rings (SSSR count). The predicted octanol–water partition coefficient (Wildman–Crippen LogP) is 1.99. The number of benzene rings is 1. The van der Waals surface area contributed by atoms with Crippen molar-refractivity contribution in [3.05, 3.63) is 40.1 Å². The molecule has 1 aliphatic heterocycles. The Balaban J connectivity index is 2.15. The summed E-state index contributed by atoms with van der Waals surface area (Å²) in [6.45, 7) is 1.80. The Labute approximate surface area is 107 Å². The molecule has 17 heavy (non-hydrogen) atoms. The van der Waals surface area contributed by atoms with E-state index in [4.69, 9.17) is 0 Å². The van der Waals surface area contributed by atoms with Crippen molar-refractivity contribution in [1.82, 2.24) is 15.1 Å². The molecule has 0 amide bonds. The summed E-state index contributed by atoms with van der Waals surface area (Å²) in [7, 11) is 0. The van der Waals surface area contributed by atoms with E-state index in [1.807, 2.05) is 16.8 Å². The zero-order valence-electron chi connectivity index (χ0n) is 9.15. The number of nitrogens with zero attached hydrogens (tertiary/aromatic N) is 2. The second kappa shape index (κ2) is 4.16. The summed E-state index contributed by atoms with van der Waals surface area (Å²) in [6.07, 6.45) is 0.948. The summed E-state index contributed by atoms with van der Waals surface area (Å²) in [5.74, 6) is 0.261. The van der Waals surface area contributed by atoms with E-state index in [1.165, 1.54) is 11.3 Å². The molecule has 0 radical (unpaired) electrons. The number of aromatic hydroxyl groups is 1. The highest BCUT2D eigenvalue weighted by molar-refractivity contribution is 9.10. The van der Waals surface area contributed by atoms with E-state index in [2.05, 4.69) is 26.3 Å². The summed E-state index contributed by atoms with van der Waals surface area (Å²) >= 11 is 3.48. The van der Waals surface area contributed by atoms with Gasteiger partial charge in [-0.15, -0.1) is 0 Å². The van der Waals surface area contributed by atoms with E-state index in [9.17, 15) is 5.11 Å². The molecule has 0 saturated carbocycles. The van der Waals surface area contributed by atoms with Crippen LogP contribution in [-0.2, 0) is 13.0 Å². The van der Waals surface area contributed by atoms with Gasteiger partial charge in [-0.3, -0.25) is 0 Å². The number of rotatable bonds is 1. The zero-order chi connectivity index (χ0) is 11.8. The molecule has 0 aliphatic carbocycles. The molecule has 0 atom stereocenters. The van der Waals surface area contributed by atoms with Gasteiger partial charge in [0, 0.05) is 31.1 Å². The highest BCUT2D eigenvalue weighted by atomic mass is 79.9. The molecule has 0 saturated heterocycles. The number of halogens is 1. The third-order valence-electron chi connectivity index (χ3n) is 2.96. The van der Waals surface area contributed by atoms with Crippen LogP contribution < -0.4 is 5.32 Å². The van der Waals surface area contributed by atoms with Gasteiger partial charge in [0.15, 0.2) is 0 Å². The van der Waals surface area contributed by atoms with E-state index < -0.39 is 0 Å². The zero-order valence-corrected chi connectivity index (χ0v) is 10.7. The van der Waals surface area contributed by atoms with Crippen molar-refractivity contribution in [2.75, 3.05) is 6.54 Å². The van der Waals surface area contributed by atoms with Crippen LogP contribution in [-0.4, -0.2) is 21.4 Å². The van der Waals surface area contributed by atoms with Gasteiger partial charge in [-0.25, -0.2) is 4.68 Å². The Morgan fingerprint density at radius 1 is 1.41 bits per heavy atom. The average Bonchev–Trinajstić information content (AvgIpc) is 2.68. The lowest BCUT2D eigenvalue weighted by Gasteiger charge is -2.15. The van der Waals surface area contributed by atoms with Crippen LogP contribution in [0.5, 0.6) is 5.75 Å². The van der Waals surface area contributed by atoms with Gasteiger partial charge in [-0.2, -0.15) is 5.10 Å². The second-order valence-electron chi connectivity index (χ2n) is 4.07. The average molecular weight is 294 g/mol. The molecule has 1 aliphatic rings. The van der Waals surface area contributed by atoms with Crippen molar-refractivity contribution >= 4 is 15.9 Å². The maximum absolute atomic E-state index is 9.52. The van der Waals surface area contributed by atoms with E-state index >= 15 is 0 Å². The highest BCUT2D eigenvalue weighted by Crippen LogP contribution is 2.26. The first-order valence-electron chi connectivity index (χ1n) is 5.52. The molecule has 5 heteroatoms. The normalized spacial score (nSPS) is 14.6. The maximum atomic E-state index is 9.52. The molecule has 1 aromatic heterocycles. The fourth-order valence-electron chi connectivity index (χ4n) is 2.15. The molecule has 88 valence electrons. The highest BCUT2D eigenvalue weighted by Gasteiger charge is 2.19. The van der Waals surface area contributed by atoms with Crippen LogP contribution in [0.2, 0.25) is 0 Å². The van der Waals surface area contributed by atoms with Gasteiger partial charge < -0.3 is 10.4 Å². The quantitative estimate of drug-likeness (QED) is 0.845. The molecule has 0 fully saturated rings. The molecule has 2 N–H and O–H groups in total. The standard InChI is InChI=1S/C12H12BrN3O/c13-12-10-7-14-5-4-11(10)16(15-12)8-2-1-3-9(17)6-8/h1-3,6,14,17H,4-5,7H2. The topological polar surface area (TPSA) is 50.1 Å². The SMILES string of the molecule is Oc1cccc(-n2nc(Br)c3c2CCNC3)c1. The van der Waals surface area contributed by atoms with Gasteiger partial charge in [0.05, 0.1) is 11.4 Å². The van der Waals surface area contributed by atoms with E-state index in [-0.39, 0.29) is 5.75 Å². The molecule has 1 aromatic carbocycles. The van der Waals surface area contributed by atoms with Crippen LogP contribution in [0.25, 0.3) is 5.69 Å². The molecule has 2 aromatic rings.